The topological polar surface area (TPSA) is 43.6 Å². The molecule has 0 aromatic carbocycles. The van der Waals surface area contributed by atoms with Crippen molar-refractivity contribution in [2.75, 3.05) is 0 Å². The normalized spacial score (nSPS) is 11.1. The van der Waals surface area contributed by atoms with Gasteiger partial charge in [0.2, 0.25) is 0 Å². The van der Waals surface area contributed by atoms with Gasteiger partial charge in [0.25, 0.3) is 0 Å². The van der Waals surface area contributed by atoms with Gasteiger partial charge in [-0.15, -0.1) is 0 Å². The number of aromatic nitrogens is 4. The van der Waals surface area contributed by atoms with Crippen molar-refractivity contribution in [3.63, 3.8) is 0 Å². The smallest absolute Gasteiger partial charge is 0.127 e. The molecule has 0 saturated carbocycles. The molecule has 0 aliphatic rings. The van der Waals surface area contributed by atoms with Crippen molar-refractivity contribution in [2.24, 2.45) is 5.92 Å². The zero-order valence-electron chi connectivity index (χ0n) is 10.2. The van der Waals surface area contributed by atoms with Gasteiger partial charge in [-0.25, -0.2) is 0 Å². The molecule has 2 heterocycles. The van der Waals surface area contributed by atoms with Crippen molar-refractivity contribution in [3.8, 4) is 11.4 Å². The predicted octanol–water partition coefficient (Wildman–Crippen LogP) is 3.07. The van der Waals surface area contributed by atoms with Gasteiger partial charge in [-0.2, -0.15) is 5.10 Å². The van der Waals surface area contributed by atoms with Crippen molar-refractivity contribution in [1.29, 1.82) is 0 Å². The molecular weight excluding hydrogens is 280 g/mol. The van der Waals surface area contributed by atoms with Crippen LogP contribution in [0.1, 0.15) is 19.5 Å². The molecular formula is C12H15BrN4. The fourth-order valence-electron chi connectivity index (χ4n) is 1.63. The van der Waals surface area contributed by atoms with E-state index in [1.165, 1.54) is 0 Å². The Labute approximate surface area is 109 Å². The van der Waals surface area contributed by atoms with Gasteiger partial charge in [0.15, 0.2) is 0 Å². The van der Waals surface area contributed by atoms with E-state index in [9.17, 15) is 0 Å². The molecule has 17 heavy (non-hydrogen) atoms. The van der Waals surface area contributed by atoms with Crippen LogP contribution in [0.5, 0.6) is 0 Å². The van der Waals surface area contributed by atoms with Crippen molar-refractivity contribution < 1.29 is 0 Å². The minimum Gasteiger partial charge on any atom is -0.268 e. The third-order valence-corrected chi connectivity index (χ3v) is 3.43. The molecule has 0 fully saturated rings. The number of hydrogen-bond acceptors (Lipinski definition) is 3. The molecule has 0 aliphatic heterocycles. The Hall–Kier alpha value is -1.23. The lowest BCUT2D eigenvalue weighted by atomic mass is 10.2. The summed E-state index contributed by atoms with van der Waals surface area (Å²) in [5, 5.41) is 4.59. The molecule has 2 aromatic heterocycles. The van der Waals surface area contributed by atoms with Crippen molar-refractivity contribution >= 4 is 15.9 Å². The monoisotopic (exact) mass is 294 g/mol. The third kappa shape index (κ3) is 2.54. The first-order valence-electron chi connectivity index (χ1n) is 5.59. The van der Waals surface area contributed by atoms with Gasteiger partial charge in [0.05, 0.1) is 16.4 Å². The lowest BCUT2D eigenvalue weighted by molar-refractivity contribution is 0.475. The Morgan fingerprint density at radius 2 is 2.12 bits per heavy atom. The van der Waals surface area contributed by atoms with Crippen LogP contribution in [-0.4, -0.2) is 19.7 Å². The van der Waals surface area contributed by atoms with Gasteiger partial charge in [0.1, 0.15) is 11.4 Å². The highest BCUT2D eigenvalue weighted by Crippen LogP contribution is 2.28. The molecule has 0 aliphatic carbocycles. The van der Waals surface area contributed by atoms with Crippen molar-refractivity contribution in [1.82, 2.24) is 19.7 Å². The summed E-state index contributed by atoms with van der Waals surface area (Å²) in [6, 6.07) is 0. The fraction of sp³-hybridized carbons (Fsp3) is 0.417. The average molecular weight is 295 g/mol. The van der Waals surface area contributed by atoms with E-state index in [0.717, 1.165) is 28.1 Å². The summed E-state index contributed by atoms with van der Waals surface area (Å²) in [5.41, 5.74) is 2.78. The second kappa shape index (κ2) is 4.96. The molecule has 0 saturated heterocycles. The van der Waals surface area contributed by atoms with Crippen LogP contribution in [0.3, 0.4) is 0 Å². The van der Waals surface area contributed by atoms with Crippen molar-refractivity contribution in [3.05, 3.63) is 28.8 Å². The first kappa shape index (κ1) is 12.2. The largest absolute Gasteiger partial charge is 0.268 e. The Bertz CT molecular complexity index is 505. The van der Waals surface area contributed by atoms with Crippen LogP contribution in [0.15, 0.2) is 23.1 Å². The first-order valence-corrected chi connectivity index (χ1v) is 6.38. The number of rotatable bonds is 3. The number of nitrogens with zero attached hydrogens (tertiary/aromatic N) is 4. The quantitative estimate of drug-likeness (QED) is 0.874. The molecule has 0 unspecified atom stereocenters. The molecule has 90 valence electrons. The highest BCUT2D eigenvalue weighted by molar-refractivity contribution is 9.10. The van der Waals surface area contributed by atoms with Crippen LogP contribution in [-0.2, 0) is 6.54 Å². The minimum atomic E-state index is 0.565. The maximum atomic E-state index is 4.59. The zero-order chi connectivity index (χ0) is 12.4. The Morgan fingerprint density at radius 1 is 1.35 bits per heavy atom. The summed E-state index contributed by atoms with van der Waals surface area (Å²) < 4.78 is 3.01. The Balaban J connectivity index is 2.43. The molecule has 5 heteroatoms. The van der Waals surface area contributed by atoms with Crippen LogP contribution >= 0.6 is 15.9 Å². The number of hydrogen-bond donors (Lipinski definition) is 0. The van der Waals surface area contributed by atoms with Gasteiger partial charge in [-0.3, -0.25) is 14.6 Å². The summed E-state index contributed by atoms with van der Waals surface area (Å²) in [7, 11) is 0. The van der Waals surface area contributed by atoms with E-state index in [4.69, 9.17) is 0 Å². The van der Waals surface area contributed by atoms with E-state index >= 15 is 0 Å². The maximum Gasteiger partial charge on any atom is 0.127 e. The van der Waals surface area contributed by atoms with Crippen LogP contribution in [0.2, 0.25) is 0 Å². The molecule has 0 spiro atoms. The van der Waals surface area contributed by atoms with E-state index < -0.39 is 0 Å². The van der Waals surface area contributed by atoms with Gasteiger partial charge < -0.3 is 0 Å². The van der Waals surface area contributed by atoms with Gasteiger partial charge >= 0.3 is 0 Å². The summed E-state index contributed by atoms with van der Waals surface area (Å²) >= 11 is 3.58. The highest BCUT2D eigenvalue weighted by Gasteiger charge is 2.15. The lowest BCUT2D eigenvalue weighted by Gasteiger charge is -2.06. The lowest BCUT2D eigenvalue weighted by Crippen LogP contribution is -2.07. The molecule has 0 amide bonds. The van der Waals surface area contributed by atoms with E-state index in [0.29, 0.717) is 5.92 Å². The second-order valence-electron chi connectivity index (χ2n) is 4.41. The zero-order valence-corrected chi connectivity index (χ0v) is 11.8. The summed E-state index contributed by atoms with van der Waals surface area (Å²) in [4.78, 5) is 8.34. The molecule has 2 aromatic rings. The SMILES string of the molecule is Cc1c(Br)c(-c2cnccn2)nn1CC(C)C. The van der Waals surface area contributed by atoms with E-state index in [-0.39, 0.29) is 0 Å². The van der Waals surface area contributed by atoms with Crippen LogP contribution in [0.4, 0.5) is 0 Å². The summed E-state index contributed by atoms with van der Waals surface area (Å²) in [5.74, 6) is 0.565. The molecule has 0 radical (unpaired) electrons. The standard InChI is InChI=1S/C12H15BrN4/c1-8(2)7-17-9(3)11(13)12(16-17)10-6-14-4-5-15-10/h4-6,8H,7H2,1-3H3. The first-order chi connectivity index (χ1) is 8.09. The van der Waals surface area contributed by atoms with E-state index in [1.54, 1.807) is 18.6 Å². The number of halogens is 1. The molecule has 4 nitrogen and oxygen atoms in total. The molecule has 0 bridgehead atoms. The second-order valence-corrected chi connectivity index (χ2v) is 5.21. The van der Waals surface area contributed by atoms with Gasteiger partial charge in [-0.1, -0.05) is 13.8 Å². The minimum absolute atomic E-state index is 0.565. The molecule has 2 rings (SSSR count). The van der Waals surface area contributed by atoms with Crippen molar-refractivity contribution in [2.45, 2.75) is 27.3 Å². The fourth-order valence-corrected chi connectivity index (χ4v) is 2.12. The van der Waals surface area contributed by atoms with Crippen LogP contribution in [0.25, 0.3) is 11.4 Å². The predicted molar refractivity (Wildman–Crippen MR) is 70.5 cm³/mol. The molecule has 0 atom stereocenters. The van der Waals surface area contributed by atoms with Crippen LogP contribution in [0, 0.1) is 12.8 Å². The van der Waals surface area contributed by atoms with Gasteiger partial charge in [0, 0.05) is 18.9 Å². The average Bonchev–Trinajstić information content (AvgIpc) is 2.58. The van der Waals surface area contributed by atoms with E-state index in [2.05, 4.69) is 51.8 Å². The third-order valence-electron chi connectivity index (χ3n) is 2.48. The highest BCUT2D eigenvalue weighted by atomic mass is 79.9. The maximum absolute atomic E-state index is 4.59. The van der Waals surface area contributed by atoms with Crippen LogP contribution < -0.4 is 0 Å². The van der Waals surface area contributed by atoms with Gasteiger partial charge in [-0.05, 0) is 28.8 Å². The molecule has 0 N–H and O–H groups in total. The Kier molecular flexibility index (Phi) is 3.57. The van der Waals surface area contributed by atoms with E-state index in [1.807, 2.05) is 4.68 Å². The summed E-state index contributed by atoms with van der Waals surface area (Å²) in [6.07, 6.45) is 5.07. The Morgan fingerprint density at radius 3 is 2.71 bits per heavy atom. The summed E-state index contributed by atoms with van der Waals surface area (Å²) in [6.45, 7) is 7.32.